The first kappa shape index (κ1) is 17.2. The average molecular weight is 331 g/mol. The number of ether oxygens (including phenoxy) is 1. The lowest BCUT2D eigenvalue weighted by Gasteiger charge is -2.12. The minimum absolute atomic E-state index is 0.103. The van der Waals surface area contributed by atoms with Crippen LogP contribution in [-0.4, -0.2) is 28.1 Å². The Morgan fingerprint density at radius 3 is 2.67 bits per heavy atom. The van der Waals surface area contributed by atoms with Crippen molar-refractivity contribution < 1.29 is 19.6 Å². The molecule has 0 unspecified atom stereocenters. The average Bonchev–Trinajstić information content (AvgIpc) is 2.47. The number of pyridine rings is 1. The Hall–Kier alpha value is -3.16. The lowest BCUT2D eigenvalue weighted by atomic mass is 10.1. The molecule has 0 aliphatic carbocycles. The highest BCUT2D eigenvalue weighted by atomic mass is 16.6. The van der Waals surface area contributed by atoms with Gasteiger partial charge in [0.15, 0.2) is 0 Å². The summed E-state index contributed by atoms with van der Waals surface area (Å²) in [5, 5.41) is 23.1. The minimum Gasteiger partial charge on any atom is -0.496 e. The van der Waals surface area contributed by atoms with E-state index in [0.29, 0.717) is 28.3 Å². The van der Waals surface area contributed by atoms with Gasteiger partial charge in [-0.2, -0.15) is 0 Å². The third-order valence-corrected chi connectivity index (χ3v) is 3.39. The van der Waals surface area contributed by atoms with Crippen molar-refractivity contribution in [3.05, 3.63) is 51.2 Å². The number of aryl methyl sites for hydroxylation is 2. The molecule has 126 valence electrons. The van der Waals surface area contributed by atoms with Crippen LogP contribution in [0.15, 0.2) is 24.3 Å². The second kappa shape index (κ2) is 6.95. The first-order valence-electron chi connectivity index (χ1n) is 7.10. The molecule has 2 aromatic rings. The van der Waals surface area contributed by atoms with Crippen molar-refractivity contribution in [3.8, 4) is 5.75 Å². The largest absolute Gasteiger partial charge is 0.496 e. The molecule has 0 fully saturated rings. The molecule has 8 nitrogen and oxygen atoms in total. The van der Waals surface area contributed by atoms with Gasteiger partial charge < -0.3 is 15.2 Å². The molecule has 1 aromatic carbocycles. The van der Waals surface area contributed by atoms with Crippen molar-refractivity contribution in [1.29, 1.82) is 0 Å². The summed E-state index contributed by atoms with van der Waals surface area (Å²) in [6, 6.07) is 6.45. The third-order valence-electron chi connectivity index (χ3n) is 3.39. The molecule has 8 heteroatoms. The molecule has 1 heterocycles. The van der Waals surface area contributed by atoms with Crippen molar-refractivity contribution in [2.75, 3.05) is 12.4 Å². The van der Waals surface area contributed by atoms with Gasteiger partial charge in [-0.1, -0.05) is 6.07 Å². The topological polar surface area (TPSA) is 115 Å². The van der Waals surface area contributed by atoms with Gasteiger partial charge in [-0.3, -0.25) is 14.9 Å². The van der Waals surface area contributed by atoms with Gasteiger partial charge >= 0.3 is 11.7 Å². The van der Waals surface area contributed by atoms with Gasteiger partial charge in [-0.05, 0) is 26.0 Å². The maximum atomic E-state index is 11.3. The SMILES string of the molecule is COc1cc(Nc2nc(C)cc(C)c2[N+](=O)[O-])ccc1CC(=O)O. The first-order valence-corrected chi connectivity index (χ1v) is 7.10. The first-order chi connectivity index (χ1) is 11.3. The van der Waals surface area contributed by atoms with E-state index in [-0.39, 0.29) is 17.9 Å². The Balaban J connectivity index is 2.41. The molecule has 0 aliphatic rings. The zero-order valence-corrected chi connectivity index (χ0v) is 13.5. The minimum atomic E-state index is -0.972. The van der Waals surface area contributed by atoms with Crippen LogP contribution in [0.5, 0.6) is 5.75 Å². The van der Waals surface area contributed by atoms with E-state index in [1.807, 2.05) is 0 Å². The van der Waals surface area contributed by atoms with Gasteiger partial charge in [0.1, 0.15) is 5.75 Å². The quantitative estimate of drug-likeness (QED) is 0.617. The number of nitrogens with one attached hydrogen (secondary N) is 1. The standard InChI is InChI=1S/C16H17N3O5/c1-9-6-10(2)17-16(15(9)19(22)23)18-12-5-4-11(7-14(20)21)13(8-12)24-3/h4-6,8H,7H2,1-3H3,(H,17,18)(H,20,21). The Morgan fingerprint density at radius 2 is 2.08 bits per heavy atom. The highest BCUT2D eigenvalue weighted by Gasteiger charge is 2.20. The van der Waals surface area contributed by atoms with Crippen LogP contribution in [0.25, 0.3) is 0 Å². The van der Waals surface area contributed by atoms with Crippen molar-refractivity contribution in [3.63, 3.8) is 0 Å². The fourth-order valence-corrected chi connectivity index (χ4v) is 2.42. The summed E-state index contributed by atoms with van der Waals surface area (Å²) in [4.78, 5) is 25.8. The number of nitro groups is 1. The van der Waals surface area contributed by atoms with Crippen LogP contribution in [0, 0.1) is 24.0 Å². The second-order valence-corrected chi connectivity index (χ2v) is 5.26. The van der Waals surface area contributed by atoms with Gasteiger partial charge in [-0.25, -0.2) is 4.98 Å². The van der Waals surface area contributed by atoms with E-state index in [9.17, 15) is 14.9 Å². The second-order valence-electron chi connectivity index (χ2n) is 5.26. The van der Waals surface area contributed by atoms with E-state index >= 15 is 0 Å². The molecule has 0 atom stereocenters. The molecule has 0 bridgehead atoms. The Labute approximate surface area is 138 Å². The number of methoxy groups -OCH3 is 1. The highest BCUT2D eigenvalue weighted by molar-refractivity contribution is 5.73. The fraction of sp³-hybridized carbons (Fsp3) is 0.250. The van der Waals surface area contributed by atoms with Crippen LogP contribution in [0.4, 0.5) is 17.2 Å². The summed E-state index contributed by atoms with van der Waals surface area (Å²) in [5.41, 5.74) is 2.08. The van der Waals surface area contributed by atoms with Gasteiger partial charge in [0, 0.05) is 28.6 Å². The lowest BCUT2D eigenvalue weighted by Crippen LogP contribution is -2.05. The number of rotatable bonds is 6. The summed E-state index contributed by atoms with van der Waals surface area (Å²) in [6.45, 7) is 3.40. The highest BCUT2D eigenvalue weighted by Crippen LogP contribution is 2.31. The molecule has 0 saturated heterocycles. The molecule has 0 spiro atoms. The number of carboxylic acids is 1. The monoisotopic (exact) mass is 331 g/mol. The number of aliphatic carboxylic acids is 1. The zero-order chi connectivity index (χ0) is 17.9. The number of benzene rings is 1. The number of aromatic nitrogens is 1. The Morgan fingerprint density at radius 1 is 1.38 bits per heavy atom. The zero-order valence-electron chi connectivity index (χ0n) is 13.5. The van der Waals surface area contributed by atoms with Crippen molar-refractivity contribution >= 4 is 23.2 Å². The molecular weight excluding hydrogens is 314 g/mol. The summed E-state index contributed by atoms with van der Waals surface area (Å²) < 4.78 is 5.19. The smallest absolute Gasteiger partial charge is 0.314 e. The van der Waals surface area contributed by atoms with Crippen molar-refractivity contribution in [2.24, 2.45) is 0 Å². The molecule has 2 rings (SSSR count). The van der Waals surface area contributed by atoms with E-state index in [1.54, 1.807) is 38.1 Å². The maximum absolute atomic E-state index is 11.3. The Bertz CT molecular complexity index is 805. The molecule has 0 aliphatic heterocycles. The summed E-state index contributed by atoms with van der Waals surface area (Å²) >= 11 is 0. The van der Waals surface area contributed by atoms with E-state index in [4.69, 9.17) is 9.84 Å². The molecule has 0 saturated carbocycles. The molecule has 1 aromatic heterocycles. The lowest BCUT2D eigenvalue weighted by molar-refractivity contribution is -0.384. The molecule has 2 N–H and O–H groups in total. The number of carboxylic acid groups (broad SMARTS) is 1. The number of hydrogen-bond donors (Lipinski definition) is 2. The molecule has 0 amide bonds. The molecular formula is C16H17N3O5. The summed E-state index contributed by atoms with van der Waals surface area (Å²) in [6.07, 6.45) is -0.175. The maximum Gasteiger partial charge on any atom is 0.314 e. The fourth-order valence-electron chi connectivity index (χ4n) is 2.42. The van der Waals surface area contributed by atoms with E-state index in [1.165, 1.54) is 7.11 Å². The van der Waals surface area contributed by atoms with Gasteiger partial charge in [0.25, 0.3) is 0 Å². The van der Waals surface area contributed by atoms with Crippen LogP contribution in [0.2, 0.25) is 0 Å². The van der Waals surface area contributed by atoms with Gasteiger partial charge in [-0.15, -0.1) is 0 Å². The van der Waals surface area contributed by atoms with Gasteiger partial charge in [0.2, 0.25) is 5.82 Å². The van der Waals surface area contributed by atoms with Crippen LogP contribution in [0.1, 0.15) is 16.8 Å². The number of anilines is 2. The van der Waals surface area contributed by atoms with Crippen LogP contribution < -0.4 is 10.1 Å². The van der Waals surface area contributed by atoms with Crippen LogP contribution in [0.3, 0.4) is 0 Å². The predicted molar refractivity (Wildman–Crippen MR) is 88.0 cm³/mol. The van der Waals surface area contributed by atoms with E-state index in [2.05, 4.69) is 10.3 Å². The molecule has 0 radical (unpaired) electrons. The van der Waals surface area contributed by atoms with Gasteiger partial charge in [0.05, 0.1) is 18.5 Å². The van der Waals surface area contributed by atoms with E-state index in [0.717, 1.165) is 0 Å². The number of nitrogens with zero attached hydrogens (tertiary/aromatic N) is 2. The van der Waals surface area contributed by atoms with Crippen molar-refractivity contribution in [1.82, 2.24) is 4.98 Å². The van der Waals surface area contributed by atoms with Crippen LogP contribution in [-0.2, 0) is 11.2 Å². The normalized spacial score (nSPS) is 10.3. The summed E-state index contributed by atoms with van der Waals surface area (Å²) in [7, 11) is 1.43. The number of hydrogen-bond acceptors (Lipinski definition) is 6. The van der Waals surface area contributed by atoms with E-state index < -0.39 is 10.9 Å². The predicted octanol–water partition coefficient (Wildman–Crippen LogP) is 2.99. The van der Waals surface area contributed by atoms with Crippen LogP contribution >= 0.6 is 0 Å². The third kappa shape index (κ3) is 3.78. The summed E-state index contributed by atoms with van der Waals surface area (Å²) in [5.74, 6) is -0.458. The Kier molecular flexibility index (Phi) is 4.98. The molecule has 24 heavy (non-hydrogen) atoms. The number of carbonyl (C=O) groups is 1. The van der Waals surface area contributed by atoms with Crippen molar-refractivity contribution in [2.45, 2.75) is 20.3 Å².